The van der Waals surface area contributed by atoms with Crippen LogP contribution in [-0.4, -0.2) is 19.9 Å². The average molecular weight is 714 g/mol. The molecule has 0 unspecified atom stereocenters. The molecule has 0 fully saturated rings. The second-order valence-electron chi connectivity index (χ2n) is 13.8. The topological polar surface area (TPSA) is 55.9 Å². The predicted molar refractivity (Wildman–Crippen MR) is 229 cm³/mol. The lowest BCUT2D eigenvalue weighted by atomic mass is 9.87. The first kappa shape index (κ1) is 32.8. The summed E-state index contributed by atoms with van der Waals surface area (Å²) in [6.07, 6.45) is 3.83. The first-order valence-electron chi connectivity index (χ1n) is 18.5. The number of benzene rings is 8. The van der Waals surface area contributed by atoms with Crippen molar-refractivity contribution in [1.29, 1.82) is 0 Å². The molecular weight excluding hydrogens is 683 g/mol. The third-order valence-electron chi connectivity index (χ3n) is 10.4. The van der Waals surface area contributed by atoms with E-state index in [1.807, 2.05) is 97.3 Å². The molecule has 0 spiro atoms. The van der Waals surface area contributed by atoms with Gasteiger partial charge in [0.1, 0.15) is 0 Å². The average Bonchev–Trinajstić information content (AvgIpc) is 3.29. The molecule has 0 aliphatic heterocycles. The Hall–Kier alpha value is -7.81. The minimum Gasteiger partial charge on any atom is -0.263 e. The van der Waals surface area contributed by atoms with Crippen LogP contribution in [0.25, 0.3) is 105 Å². The van der Waals surface area contributed by atoms with Gasteiger partial charge in [0.2, 0.25) is 0 Å². The Kier molecular flexibility index (Phi) is 8.13. The van der Waals surface area contributed by atoms with Gasteiger partial charge >= 0.3 is 0 Å². The maximum absolute atomic E-state index is 7.35. The number of hydrogen-bond acceptors (Lipinski definition) is 4. The molecule has 0 aliphatic rings. The molecule has 0 N–H and O–H groups in total. The van der Waals surface area contributed by atoms with Crippen molar-refractivity contribution in [3.05, 3.63) is 200 Å². The second-order valence-corrected chi connectivity index (χ2v) is 13.8. The van der Waals surface area contributed by atoms with E-state index in [1.54, 1.807) is 0 Å². The molecule has 5 nitrogen and oxygen atoms in total. The van der Waals surface area contributed by atoms with Gasteiger partial charge in [0, 0.05) is 40.2 Å². The van der Waals surface area contributed by atoms with E-state index in [2.05, 4.69) is 101 Å². The van der Waals surface area contributed by atoms with Gasteiger partial charge in [-0.05, 0) is 78.8 Å². The first-order chi connectivity index (χ1) is 27.7. The Morgan fingerprint density at radius 3 is 1.34 bits per heavy atom. The lowest BCUT2D eigenvalue weighted by molar-refractivity contribution is 1.07. The Morgan fingerprint density at radius 2 is 0.768 bits per heavy atom. The fourth-order valence-electron chi connectivity index (χ4n) is 7.67. The maximum Gasteiger partial charge on any atom is 0.187 e. The highest BCUT2D eigenvalue weighted by molar-refractivity contribution is 6.23. The van der Waals surface area contributed by atoms with E-state index >= 15 is 0 Å². The van der Waals surface area contributed by atoms with Crippen molar-refractivity contribution in [2.45, 2.75) is 0 Å². The molecule has 0 radical (unpaired) electrons. The Balaban J connectivity index is 1.14. The zero-order valence-electron chi connectivity index (χ0n) is 30.1. The van der Waals surface area contributed by atoms with Crippen LogP contribution in [0.2, 0.25) is 0 Å². The Morgan fingerprint density at radius 1 is 0.321 bits per heavy atom. The zero-order chi connectivity index (χ0) is 37.4. The molecule has 0 atom stereocenters. The minimum atomic E-state index is 0.622. The van der Waals surface area contributed by atoms with Gasteiger partial charge in [-0.2, -0.15) is 0 Å². The van der Waals surface area contributed by atoms with Crippen molar-refractivity contribution in [3.8, 4) is 67.5 Å². The van der Waals surface area contributed by atoms with Gasteiger partial charge in [0.25, 0.3) is 0 Å². The summed E-state index contributed by atoms with van der Waals surface area (Å²) in [5.74, 6) is 1.90. The van der Waals surface area contributed by atoms with E-state index in [0.717, 1.165) is 60.8 Å². The fourth-order valence-corrected chi connectivity index (χ4v) is 7.67. The van der Waals surface area contributed by atoms with E-state index in [0.29, 0.717) is 23.2 Å². The van der Waals surface area contributed by atoms with E-state index in [1.165, 1.54) is 21.5 Å². The highest BCUT2D eigenvalue weighted by atomic mass is 15.0. The zero-order valence-corrected chi connectivity index (χ0v) is 30.1. The molecule has 0 bridgehead atoms. The third kappa shape index (κ3) is 5.92. The Labute approximate surface area is 324 Å². The fraction of sp³-hybridized carbons (Fsp3) is 0. The smallest absolute Gasteiger partial charge is 0.187 e. The molecule has 56 heavy (non-hydrogen) atoms. The number of pyridine rings is 1. The van der Waals surface area contributed by atoms with Crippen LogP contribution in [0.1, 0.15) is 0 Å². The molecule has 2 aromatic heterocycles. The lowest BCUT2D eigenvalue weighted by Gasteiger charge is -2.16. The van der Waals surface area contributed by atoms with Crippen LogP contribution < -0.4 is 0 Å². The van der Waals surface area contributed by atoms with E-state index in [9.17, 15) is 0 Å². The summed E-state index contributed by atoms with van der Waals surface area (Å²) in [6.45, 7) is 7.35. The van der Waals surface area contributed by atoms with E-state index in [4.69, 9.17) is 21.5 Å². The van der Waals surface area contributed by atoms with Crippen LogP contribution in [0.15, 0.2) is 188 Å². The van der Waals surface area contributed by atoms with Gasteiger partial charge in [0.15, 0.2) is 23.2 Å². The largest absolute Gasteiger partial charge is 0.263 e. The summed E-state index contributed by atoms with van der Waals surface area (Å²) in [4.78, 5) is 23.2. The van der Waals surface area contributed by atoms with Crippen LogP contribution in [0.3, 0.4) is 0 Å². The molecule has 260 valence electrons. The summed E-state index contributed by atoms with van der Waals surface area (Å²) in [7, 11) is 0. The number of hydrogen-bond donors (Lipinski definition) is 0. The van der Waals surface area contributed by atoms with Gasteiger partial charge in [-0.1, -0.05) is 152 Å². The Bertz CT molecular complexity index is 3070. The molecule has 0 amide bonds. The molecule has 0 saturated heterocycles. The predicted octanol–water partition coefficient (Wildman–Crippen LogP) is 13.3. The van der Waals surface area contributed by atoms with E-state index < -0.39 is 0 Å². The van der Waals surface area contributed by atoms with Crippen LogP contribution in [0, 0.1) is 6.57 Å². The summed E-state index contributed by atoms with van der Waals surface area (Å²) < 4.78 is 0. The quantitative estimate of drug-likeness (QED) is 0.127. The number of fused-ring (bicyclic) bond motifs is 5. The molecule has 10 aromatic rings. The highest BCUT2D eigenvalue weighted by Crippen LogP contribution is 2.42. The maximum atomic E-state index is 7.35. The van der Waals surface area contributed by atoms with Gasteiger partial charge in [0.05, 0.1) is 6.57 Å². The summed E-state index contributed by atoms with van der Waals surface area (Å²) in [5.41, 5.74) is 9.83. The van der Waals surface area contributed by atoms with E-state index in [-0.39, 0.29) is 0 Å². The minimum absolute atomic E-state index is 0.622. The molecule has 5 heteroatoms. The molecular formula is C51H31N5. The van der Waals surface area contributed by atoms with Crippen molar-refractivity contribution < 1.29 is 0 Å². The van der Waals surface area contributed by atoms with Crippen molar-refractivity contribution >= 4 is 38.0 Å². The van der Waals surface area contributed by atoms with Gasteiger partial charge in [-0.15, -0.1) is 0 Å². The number of nitrogens with zero attached hydrogens (tertiary/aromatic N) is 5. The van der Waals surface area contributed by atoms with Gasteiger partial charge in [-0.3, -0.25) is 4.98 Å². The summed E-state index contributed by atoms with van der Waals surface area (Å²) in [6, 6.07) is 60.5. The monoisotopic (exact) mass is 713 g/mol. The van der Waals surface area contributed by atoms with Crippen molar-refractivity contribution in [1.82, 2.24) is 19.9 Å². The first-order valence-corrected chi connectivity index (χ1v) is 18.5. The van der Waals surface area contributed by atoms with Crippen LogP contribution in [0.5, 0.6) is 0 Å². The van der Waals surface area contributed by atoms with Crippen molar-refractivity contribution in [2.75, 3.05) is 0 Å². The van der Waals surface area contributed by atoms with Crippen molar-refractivity contribution in [3.63, 3.8) is 0 Å². The van der Waals surface area contributed by atoms with Gasteiger partial charge in [-0.25, -0.2) is 19.8 Å². The standard InChI is InChI=1S/C51H31N5/c1-52-40-25-23-33(24-26-40)38-28-39(32-53-31-38)46-30-48-43-21-10-8-19-41(43)45(29-47(48)44-22-11-9-20-42(44)46)36-17-12-18-37(27-36)51-55-49(34-13-4-2-5-14-34)54-50(56-51)35-15-6-3-7-16-35/h2-32H. The van der Waals surface area contributed by atoms with Crippen LogP contribution in [0.4, 0.5) is 5.69 Å². The molecule has 8 aromatic carbocycles. The molecule has 0 saturated carbocycles. The van der Waals surface area contributed by atoms with Crippen LogP contribution >= 0.6 is 0 Å². The highest BCUT2D eigenvalue weighted by Gasteiger charge is 2.17. The van der Waals surface area contributed by atoms with Crippen LogP contribution in [-0.2, 0) is 0 Å². The summed E-state index contributed by atoms with van der Waals surface area (Å²) in [5, 5.41) is 7.03. The number of rotatable bonds is 6. The number of aromatic nitrogens is 4. The molecule has 0 aliphatic carbocycles. The SMILES string of the molecule is [C-]#[N+]c1ccc(-c2cncc(-c3cc4c5ccccc5c(-c5cccc(-c6nc(-c7ccccc7)nc(-c7ccccc7)n6)c5)cc4c4ccccc34)c2)cc1. The molecule has 10 rings (SSSR count). The molecule has 2 heterocycles. The second kappa shape index (κ2) is 13.9. The normalized spacial score (nSPS) is 11.2. The lowest BCUT2D eigenvalue weighted by Crippen LogP contribution is -2.00. The summed E-state index contributed by atoms with van der Waals surface area (Å²) >= 11 is 0. The van der Waals surface area contributed by atoms with Crippen molar-refractivity contribution in [2.24, 2.45) is 0 Å². The third-order valence-corrected chi connectivity index (χ3v) is 10.4. The van der Waals surface area contributed by atoms with Gasteiger partial charge < -0.3 is 0 Å².